The first kappa shape index (κ1) is 14.1. The van der Waals surface area contributed by atoms with Crippen LogP contribution in [0.25, 0.3) is 16.9 Å². The number of halogens is 1. The maximum atomic E-state index is 14.1. The van der Waals surface area contributed by atoms with Gasteiger partial charge in [-0.3, -0.25) is 0 Å². The topological polar surface area (TPSA) is 54.2 Å². The van der Waals surface area contributed by atoms with E-state index in [4.69, 9.17) is 0 Å². The Kier molecular flexibility index (Phi) is 3.67. The smallest absolute Gasteiger partial charge is 0.157 e. The van der Waals surface area contributed by atoms with E-state index in [9.17, 15) is 4.39 Å². The fraction of sp³-hybridized carbons (Fsp3) is 0.294. The van der Waals surface area contributed by atoms with Gasteiger partial charge in [-0.2, -0.15) is 9.61 Å². The molecular weight excluding hydrogens is 293 g/mol. The molecule has 23 heavy (non-hydrogen) atoms. The Morgan fingerprint density at radius 2 is 2.17 bits per heavy atom. The van der Waals surface area contributed by atoms with Crippen molar-refractivity contribution in [2.45, 2.75) is 18.9 Å². The molecule has 1 fully saturated rings. The van der Waals surface area contributed by atoms with Crippen LogP contribution in [0.3, 0.4) is 0 Å². The Hall–Kier alpha value is -2.47. The zero-order chi connectivity index (χ0) is 15.6. The molecule has 1 atom stereocenters. The van der Waals surface area contributed by atoms with Crippen LogP contribution in [0.2, 0.25) is 0 Å². The standard InChI is InChI=1S/C17H18FN5/c18-14-6-2-1-5-13(14)15-10-17(21-12-4-3-8-19-11-12)23-16(22-15)7-9-20-23/h1-2,5-7,9-10,12,19,21H,3-4,8,11H2/t12-/m0/s1. The third kappa shape index (κ3) is 2.77. The number of anilines is 1. The van der Waals surface area contributed by atoms with Gasteiger partial charge < -0.3 is 10.6 Å². The van der Waals surface area contributed by atoms with E-state index in [1.165, 1.54) is 6.07 Å². The molecule has 1 aliphatic rings. The van der Waals surface area contributed by atoms with Crippen molar-refractivity contribution in [2.75, 3.05) is 18.4 Å². The van der Waals surface area contributed by atoms with Crippen LogP contribution in [0.15, 0.2) is 42.6 Å². The average Bonchev–Trinajstić information content (AvgIpc) is 3.05. The number of fused-ring (bicyclic) bond motifs is 1. The molecule has 0 radical (unpaired) electrons. The van der Waals surface area contributed by atoms with E-state index >= 15 is 0 Å². The summed E-state index contributed by atoms with van der Waals surface area (Å²) >= 11 is 0. The number of aromatic nitrogens is 3. The van der Waals surface area contributed by atoms with Gasteiger partial charge >= 0.3 is 0 Å². The van der Waals surface area contributed by atoms with Crippen molar-refractivity contribution in [3.63, 3.8) is 0 Å². The van der Waals surface area contributed by atoms with Crippen molar-refractivity contribution in [3.05, 3.63) is 48.4 Å². The summed E-state index contributed by atoms with van der Waals surface area (Å²) in [6.07, 6.45) is 3.95. The monoisotopic (exact) mass is 311 g/mol. The highest BCUT2D eigenvalue weighted by molar-refractivity contribution is 5.67. The molecule has 2 N–H and O–H groups in total. The molecule has 0 aliphatic carbocycles. The van der Waals surface area contributed by atoms with Crippen molar-refractivity contribution in [2.24, 2.45) is 0 Å². The predicted octanol–water partition coefficient (Wildman–Crippen LogP) is 2.70. The van der Waals surface area contributed by atoms with Crippen LogP contribution < -0.4 is 10.6 Å². The Morgan fingerprint density at radius 3 is 3.00 bits per heavy atom. The fourth-order valence-corrected chi connectivity index (χ4v) is 3.01. The third-order valence-corrected chi connectivity index (χ3v) is 4.16. The second-order valence-electron chi connectivity index (χ2n) is 5.80. The van der Waals surface area contributed by atoms with Gasteiger partial charge in [-0.25, -0.2) is 9.37 Å². The highest BCUT2D eigenvalue weighted by atomic mass is 19.1. The van der Waals surface area contributed by atoms with E-state index < -0.39 is 0 Å². The van der Waals surface area contributed by atoms with Gasteiger partial charge in [0.05, 0.1) is 11.9 Å². The molecule has 2 aromatic heterocycles. The Morgan fingerprint density at radius 1 is 1.26 bits per heavy atom. The van der Waals surface area contributed by atoms with E-state index in [0.717, 1.165) is 31.7 Å². The van der Waals surface area contributed by atoms with Crippen molar-refractivity contribution >= 4 is 11.5 Å². The van der Waals surface area contributed by atoms with Gasteiger partial charge in [0.25, 0.3) is 0 Å². The van der Waals surface area contributed by atoms with Crippen LogP contribution in [0.5, 0.6) is 0 Å². The summed E-state index contributed by atoms with van der Waals surface area (Å²) in [6, 6.07) is 10.7. The number of nitrogens with zero attached hydrogens (tertiary/aromatic N) is 3. The zero-order valence-corrected chi connectivity index (χ0v) is 12.7. The number of nitrogens with one attached hydrogen (secondary N) is 2. The molecule has 3 aromatic rings. The summed E-state index contributed by atoms with van der Waals surface area (Å²) in [4.78, 5) is 4.52. The summed E-state index contributed by atoms with van der Waals surface area (Å²) in [7, 11) is 0. The SMILES string of the molecule is Fc1ccccc1-c1cc(N[C@H]2CCCNC2)n2nccc2n1. The minimum atomic E-state index is -0.269. The number of benzene rings is 1. The second-order valence-corrected chi connectivity index (χ2v) is 5.80. The minimum absolute atomic E-state index is 0.269. The molecule has 0 amide bonds. The molecule has 0 spiro atoms. The summed E-state index contributed by atoms with van der Waals surface area (Å²) in [5, 5.41) is 11.2. The predicted molar refractivity (Wildman–Crippen MR) is 87.9 cm³/mol. The van der Waals surface area contributed by atoms with Gasteiger partial charge in [0, 0.05) is 30.3 Å². The molecule has 1 aromatic carbocycles. The Balaban J connectivity index is 1.76. The molecule has 1 aliphatic heterocycles. The van der Waals surface area contributed by atoms with E-state index in [0.29, 0.717) is 22.9 Å². The molecule has 0 bridgehead atoms. The first-order valence-electron chi connectivity index (χ1n) is 7.88. The Bertz CT molecular complexity index is 823. The lowest BCUT2D eigenvalue weighted by atomic mass is 10.1. The molecule has 118 valence electrons. The summed E-state index contributed by atoms with van der Waals surface area (Å²) < 4.78 is 15.9. The number of piperidine rings is 1. The van der Waals surface area contributed by atoms with Crippen molar-refractivity contribution in [3.8, 4) is 11.3 Å². The van der Waals surface area contributed by atoms with Crippen LogP contribution >= 0.6 is 0 Å². The largest absolute Gasteiger partial charge is 0.366 e. The summed E-state index contributed by atoms with van der Waals surface area (Å²) in [5.41, 5.74) is 1.82. The normalized spacial score (nSPS) is 18.2. The first-order valence-corrected chi connectivity index (χ1v) is 7.88. The second kappa shape index (κ2) is 5.96. The Labute approximate surface area is 133 Å². The van der Waals surface area contributed by atoms with Crippen LogP contribution in [0, 0.1) is 5.82 Å². The zero-order valence-electron chi connectivity index (χ0n) is 12.7. The molecular formula is C17H18FN5. The first-order chi connectivity index (χ1) is 11.3. The van der Waals surface area contributed by atoms with E-state index in [1.54, 1.807) is 22.8 Å². The lowest BCUT2D eigenvalue weighted by Crippen LogP contribution is -2.38. The van der Waals surface area contributed by atoms with Crippen molar-refractivity contribution in [1.29, 1.82) is 0 Å². The number of rotatable bonds is 3. The molecule has 4 rings (SSSR count). The number of hydrogen-bond acceptors (Lipinski definition) is 4. The summed E-state index contributed by atoms with van der Waals surface area (Å²) in [5.74, 6) is 0.570. The van der Waals surface area contributed by atoms with Crippen LogP contribution in [0.1, 0.15) is 12.8 Å². The average molecular weight is 311 g/mol. The molecule has 6 heteroatoms. The maximum Gasteiger partial charge on any atom is 0.157 e. The molecule has 0 saturated carbocycles. The third-order valence-electron chi connectivity index (χ3n) is 4.16. The fourth-order valence-electron chi connectivity index (χ4n) is 3.01. The van der Waals surface area contributed by atoms with Crippen LogP contribution in [-0.2, 0) is 0 Å². The number of hydrogen-bond donors (Lipinski definition) is 2. The van der Waals surface area contributed by atoms with Crippen molar-refractivity contribution < 1.29 is 4.39 Å². The highest BCUT2D eigenvalue weighted by Gasteiger charge is 2.16. The van der Waals surface area contributed by atoms with Gasteiger partial charge in [-0.05, 0) is 31.5 Å². The van der Waals surface area contributed by atoms with E-state index in [-0.39, 0.29) is 5.82 Å². The summed E-state index contributed by atoms with van der Waals surface area (Å²) in [6.45, 7) is 1.98. The lowest BCUT2D eigenvalue weighted by Gasteiger charge is -2.25. The molecule has 5 nitrogen and oxygen atoms in total. The van der Waals surface area contributed by atoms with Gasteiger partial charge in [0.1, 0.15) is 11.6 Å². The highest BCUT2D eigenvalue weighted by Crippen LogP contribution is 2.25. The van der Waals surface area contributed by atoms with Gasteiger partial charge in [-0.1, -0.05) is 12.1 Å². The minimum Gasteiger partial charge on any atom is -0.366 e. The van der Waals surface area contributed by atoms with E-state index in [2.05, 4.69) is 20.7 Å². The molecule has 0 unspecified atom stereocenters. The lowest BCUT2D eigenvalue weighted by molar-refractivity contribution is 0.478. The van der Waals surface area contributed by atoms with Gasteiger partial charge in [0.15, 0.2) is 5.65 Å². The van der Waals surface area contributed by atoms with E-state index in [1.807, 2.05) is 18.2 Å². The van der Waals surface area contributed by atoms with Gasteiger partial charge in [-0.15, -0.1) is 0 Å². The van der Waals surface area contributed by atoms with Crippen LogP contribution in [0.4, 0.5) is 10.2 Å². The quantitative estimate of drug-likeness (QED) is 0.781. The molecule has 3 heterocycles. The maximum absolute atomic E-state index is 14.1. The van der Waals surface area contributed by atoms with Crippen molar-refractivity contribution in [1.82, 2.24) is 19.9 Å². The van der Waals surface area contributed by atoms with Gasteiger partial charge in [0.2, 0.25) is 0 Å². The molecule has 1 saturated heterocycles. The van der Waals surface area contributed by atoms with Crippen LogP contribution in [-0.4, -0.2) is 33.7 Å².